The van der Waals surface area contributed by atoms with Gasteiger partial charge >= 0.3 is 0 Å². The van der Waals surface area contributed by atoms with E-state index in [2.05, 4.69) is 138 Å². The van der Waals surface area contributed by atoms with E-state index >= 15 is 0 Å². The Labute approximate surface area is 194 Å². The molecule has 0 amide bonds. The van der Waals surface area contributed by atoms with Gasteiger partial charge in [-0.15, -0.1) is 0 Å². The van der Waals surface area contributed by atoms with Crippen LogP contribution in [0.25, 0.3) is 50.0 Å². The van der Waals surface area contributed by atoms with Gasteiger partial charge in [-0.1, -0.05) is 84.9 Å². The predicted octanol–water partition coefficient (Wildman–Crippen LogP) is 7.25. The summed E-state index contributed by atoms with van der Waals surface area (Å²) in [6, 6.07) is 41.3. The Bertz CT molecular complexity index is 1620. The summed E-state index contributed by atoms with van der Waals surface area (Å²) in [4.78, 5) is 0. The van der Waals surface area contributed by atoms with Gasteiger partial charge in [-0.25, -0.2) is 4.57 Å². The molecule has 5 aromatic carbocycles. The number of aryl methyl sites for hydroxylation is 2. The molecule has 0 aliphatic carbocycles. The van der Waals surface area contributed by atoms with Crippen LogP contribution in [0.1, 0.15) is 5.56 Å². The number of benzene rings is 5. The van der Waals surface area contributed by atoms with Gasteiger partial charge in [-0.2, -0.15) is 4.57 Å². The van der Waals surface area contributed by atoms with Crippen molar-refractivity contribution in [1.29, 1.82) is 0 Å². The summed E-state index contributed by atoms with van der Waals surface area (Å²) < 4.78 is 4.76. The number of rotatable bonds is 3. The monoisotopic (exact) mass is 425 g/mol. The third-order valence-corrected chi connectivity index (χ3v) is 6.61. The molecule has 0 saturated carbocycles. The van der Waals surface area contributed by atoms with Crippen LogP contribution in [0.3, 0.4) is 0 Å². The number of fused-ring (bicyclic) bond motifs is 2. The fourth-order valence-corrected chi connectivity index (χ4v) is 4.94. The van der Waals surface area contributed by atoms with E-state index in [4.69, 9.17) is 0 Å². The topological polar surface area (TPSA) is 8.81 Å². The first-order chi connectivity index (χ1) is 16.2. The Balaban J connectivity index is 1.73. The van der Waals surface area contributed by atoms with Crippen molar-refractivity contribution in [2.75, 3.05) is 0 Å². The second kappa shape index (κ2) is 7.75. The molecule has 0 aliphatic rings. The second-order valence-corrected chi connectivity index (χ2v) is 8.60. The highest BCUT2D eigenvalue weighted by molar-refractivity contribution is 5.94. The third kappa shape index (κ3) is 3.15. The molecule has 6 rings (SSSR count). The van der Waals surface area contributed by atoms with Crippen LogP contribution in [0, 0.1) is 6.92 Å². The van der Waals surface area contributed by atoms with E-state index in [9.17, 15) is 0 Å². The molecule has 2 nitrogen and oxygen atoms in total. The summed E-state index contributed by atoms with van der Waals surface area (Å²) in [7, 11) is 2.18. The molecule has 0 atom stereocenters. The molecule has 0 saturated heterocycles. The highest BCUT2D eigenvalue weighted by atomic mass is 15.2. The van der Waals surface area contributed by atoms with Crippen LogP contribution in [-0.2, 0) is 7.05 Å². The number of hydrogen-bond donors (Lipinski definition) is 0. The Kier molecular flexibility index (Phi) is 4.58. The van der Waals surface area contributed by atoms with E-state index in [0.717, 1.165) is 0 Å². The first-order valence-electron chi connectivity index (χ1n) is 11.4. The summed E-state index contributed by atoms with van der Waals surface area (Å²) in [6.07, 6.45) is 0. The average molecular weight is 426 g/mol. The molecule has 0 spiro atoms. The van der Waals surface area contributed by atoms with Crippen molar-refractivity contribution in [2.24, 2.45) is 7.05 Å². The van der Waals surface area contributed by atoms with Crippen molar-refractivity contribution in [3.05, 3.63) is 121 Å². The van der Waals surface area contributed by atoms with E-state index in [0.29, 0.717) is 0 Å². The van der Waals surface area contributed by atoms with Gasteiger partial charge in [0.1, 0.15) is 5.69 Å². The highest BCUT2D eigenvalue weighted by Crippen LogP contribution is 2.34. The van der Waals surface area contributed by atoms with Crippen LogP contribution in [0.2, 0.25) is 0 Å². The zero-order chi connectivity index (χ0) is 22.4. The summed E-state index contributed by atoms with van der Waals surface area (Å²) >= 11 is 0. The molecule has 1 aromatic heterocycles. The van der Waals surface area contributed by atoms with E-state index in [1.165, 1.54) is 55.6 Å². The Morgan fingerprint density at radius 2 is 1.36 bits per heavy atom. The van der Waals surface area contributed by atoms with Gasteiger partial charge in [0.25, 0.3) is 5.82 Å². The van der Waals surface area contributed by atoms with Crippen LogP contribution < -0.4 is 4.57 Å². The second-order valence-electron chi connectivity index (χ2n) is 8.60. The molecule has 6 aromatic rings. The maximum Gasteiger partial charge on any atom is 0.295 e. The summed E-state index contributed by atoms with van der Waals surface area (Å²) in [5, 5.41) is 2.50. The zero-order valence-corrected chi connectivity index (χ0v) is 18.9. The first-order valence-corrected chi connectivity index (χ1v) is 11.4. The van der Waals surface area contributed by atoms with Crippen molar-refractivity contribution < 1.29 is 4.57 Å². The van der Waals surface area contributed by atoms with E-state index < -0.39 is 0 Å². The number of hydrogen-bond acceptors (Lipinski definition) is 0. The lowest BCUT2D eigenvalue weighted by Crippen LogP contribution is -2.30. The molecule has 1 heterocycles. The minimum Gasteiger partial charge on any atom is -0.225 e. The van der Waals surface area contributed by atoms with E-state index in [1.807, 2.05) is 0 Å². The largest absolute Gasteiger partial charge is 0.295 e. The molecule has 0 radical (unpaired) electrons. The molecular weight excluding hydrogens is 400 g/mol. The maximum atomic E-state index is 2.43. The van der Waals surface area contributed by atoms with Crippen LogP contribution >= 0.6 is 0 Å². The normalized spacial score (nSPS) is 11.3. The molecule has 0 N–H and O–H groups in total. The van der Waals surface area contributed by atoms with Crippen LogP contribution in [0.5, 0.6) is 0 Å². The lowest BCUT2D eigenvalue weighted by Gasteiger charge is -2.08. The van der Waals surface area contributed by atoms with Crippen molar-refractivity contribution in [1.82, 2.24) is 4.57 Å². The van der Waals surface area contributed by atoms with Crippen molar-refractivity contribution >= 4 is 21.8 Å². The van der Waals surface area contributed by atoms with Gasteiger partial charge in [0.2, 0.25) is 0 Å². The molecule has 0 unspecified atom stereocenters. The van der Waals surface area contributed by atoms with Crippen LogP contribution in [-0.4, -0.2) is 4.57 Å². The summed E-state index contributed by atoms with van der Waals surface area (Å²) in [6.45, 7) is 2.19. The molecule has 0 aliphatic heterocycles. The predicted molar refractivity (Wildman–Crippen MR) is 138 cm³/mol. The zero-order valence-electron chi connectivity index (χ0n) is 18.9. The lowest BCUT2D eigenvalue weighted by atomic mass is 10.0. The number of nitrogens with zero attached hydrogens (tertiary/aromatic N) is 2. The SMILES string of the molecule is Cc1ccccc1-c1n(-c2cccc3ccccc23)c2ccc(-c3ccccc3)cc2[n+]1C. The van der Waals surface area contributed by atoms with Crippen molar-refractivity contribution in [3.8, 4) is 28.2 Å². The molecule has 0 bridgehead atoms. The third-order valence-electron chi connectivity index (χ3n) is 6.61. The van der Waals surface area contributed by atoms with E-state index in [1.54, 1.807) is 0 Å². The standard InChI is InChI=1S/C31H25N2/c1-22-11-6-8-16-26(22)31-32(2)30-21-25(23-12-4-3-5-13-23)19-20-29(30)33(31)28-18-10-15-24-14-7-9-17-27(24)28/h3-21H,1-2H3/q+1. The first kappa shape index (κ1) is 19.5. The molecule has 0 fully saturated rings. The van der Waals surface area contributed by atoms with Gasteiger partial charge in [-0.05, 0) is 59.3 Å². The minimum absolute atomic E-state index is 1.18. The number of imidazole rings is 1. The van der Waals surface area contributed by atoms with Gasteiger partial charge in [0.15, 0.2) is 11.0 Å². The van der Waals surface area contributed by atoms with Crippen LogP contribution in [0.15, 0.2) is 115 Å². The van der Waals surface area contributed by atoms with E-state index in [-0.39, 0.29) is 0 Å². The van der Waals surface area contributed by atoms with Gasteiger partial charge in [0, 0.05) is 5.39 Å². The Morgan fingerprint density at radius 1 is 0.636 bits per heavy atom. The molecular formula is C31H25N2+. The summed E-state index contributed by atoms with van der Waals surface area (Å²) in [5.41, 5.74) is 8.57. The minimum atomic E-state index is 1.18. The fourth-order valence-electron chi connectivity index (χ4n) is 4.94. The summed E-state index contributed by atoms with van der Waals surface area (Å²) in [5.74, 6) is 1.18. The lowest BCUT2D eigenvalue weighted by molar-refractivity contribution is -0.633. The quantitative estimate of drug-likeness (QED) is 0.264. The fraction of sp³-hybridized carbons (Fsp3) is 0.0645. The van der Waals surface area contributed by atoms with Gasteiger partial charge in [0.05, 0.1) is 12.6 Å². The van der Waals surface area contributed by atoms with Crippen LogP contribution in [0.4, 0.5) is 0 Å². The smallest absolute Gasteiger partial charge is 0.225 e. The van der Waals surface area contributed by atoms with Crippen molar-refractivity contribution in [2.45, 2.75) is 6.92 Å². The Hall–Kier alpha value is -4.17. The Morgan fingerprint density at radius 3 is 2.21 bits per heavy atom. The molecule has 158 valence electrons. The molecule has 2 heteroatoms. The number of aromatic nitrogens is 2. The highest BCUT2D eigenvalue weighted by Gasteiger charge is 2.28. The van der Waals surface area contributed by atoms with Gasteiger partial charge < -0.3 is 0 Å². The maximum absolute atomic E-state index is 2.43. The van der Waals surface area contributed by atoms with Crippen molar-refractivity contribution in [3.63, 3.8) is 0 Å². The average Bonchev–Trinajstić information content (AvgIpc) is 3.16. The molecule has 33 heavy (non-hydrogen) atoms. The van der Waals surface area contributed by atoms with Gasteiger partial charge in [-0.3, -0.25) is 0 Å².